The van der Waals surface area contributed by atoms with Gasteiger partial charge in [-0.15, -0.1) is 0 Å². The van der Waals surface area contributed by atoms with Gasteiger partial charge in [-0.3, -0.25) is 14.4 Å². The standard InChI is InChI=1S/C23H28N4O5/c1-4-16(3)25-22(29)23(30)27-24-14-17-11-12-19(20(13-17)31-5-2)32-15-21(28)26-18-9-7-6-8-10-18/h6-14,16H,4-5,15H2,1-3H3,(H,25,29)(H,26,28)(H,27,30)/b24-14-/t16-/m0/s1. The monoisotopic (exact) mass is 440 g/mol. The second kappa shape index (κ2) is 12.7. The van der Waals surface area contributed by atoms with E-state index < -0.39 is 11.8 Å². The fourth-order valence-corrected chi connectivity index (χ4v) is 2.46. The van der Waals surface area contributed by atoms with Crippen LogP contribution in [0.1, 0.15) is 32.8 Å². The van der Waals surface area contributed by atoms with Crippen LogP contribution in [0.4, 0.5) is 5.69 Å². The molecule has 2 rings (SSSR count). The summed E-state index contributed by atoms with van der Waals surface area (Å²) in [5.41, 5.74) is 3.47. The van der Waals surface area contributed by atoms with Crippen LogP contribution in [0.3, 0.4) is 0 Å². The van der Waals surface area contributed by atoms with Crippen LogP contribution in [-0.2, 0) is 14.4 Å². The minimum absolute atomic E-state index is 0.103. The van der Waals surface area contributed by atoms with Gasteiger partial charge in [-0.2, -0.15) is 5.10 Å². The molecule has 0 spiro atoms. The molecule has 0 saturated heterocycles. The number of para-hydroxylation sites is 1. The van der Waals surface area contributed by atoms with E-state index in [-0.39, 0.29) is 18.6 Å². The van der Waals surface area contributed by atoms with Crippen molar-refractivity contribution in [2.24, 2.45) is 5.10 Å². The van der Waals surface area contributed by atoms with Gasteiger partial charge in [0.05, 0.1) is 12.8 Å². The molecular weight excluding hydrogens is 412 g/mol. The second-order valence-electron chi connectivity index (χ2n) is 6.82. The van der Waals surface area contributed by atoms with Gasteiger partial charge in [-0.1, -0.05) is 25.1 Å². The van der Waals surface area contributed by atoms with Gasteiger partial charge in [0.15, 0.2) is 18.1 Å². The highest BCUT2D eigenvalue weighted by Gasteiger charge is 2.14. The van der Waals surface area contributed by atoms with E-state index in [1.807, 2.05) is 32.0 Å². The lowest BCUT2D eigenvalue weighted by Gasteiger charge is -2.12. The average Bonchev–Trinajstić information content (AvgIpc) is 2.79. The predicted octanol–water partition coefficient (Wildman–Crippen LogP) is 2.47. The molecule has 0 radical (unpaired) electrons. The number of benzene rings is 2. The predicted molar refractivity (Wildman–Crippen MR) is 122 cm³/mol. The zero-order valence-electron chi connectivity index (χ0n) is 18.4. The maximum Gasteiger partial charge on any atom is 0.329 e. The van der Waals surface area contributed by atoms with Crippen LogP contribution in [0.15, 0.2) is 53.6 Å². The van der Waals surface area contributed by atoms with Crippen molar-refractivity contribution in [1.29, 1.82) is 0 Å². The molecule has 0 heterocycles. The lowest BCUT2D eigenvalue weighted by Crippen LogP contribution is -2.41. The number of carbonyl (C=O) groups excluding carboxylic acids is 3. The fourth-order valence-electron chi connectivity index (χ4n) is 2.46. The lowest BCUT2D eigenvalue weighted by atomic mass is 10.2. The van der Waals surface area contributed by atoms with Gasteiger partial charge in [0.1, 0.15) is 0 Å². The summed E-state index contributed by atoms with van der Waals surface area (Å²) in [5.74, 6) is -1.09. The molecule has 2 aromatic rings. The van der Waals surface area contributed by atoms with Gasteiger partial charge >= 0.3 is 11.8 Å². The van der Waals surface area contributed by atoms with Crippen LogP contribution in [-0.4, -0.2) is 43.2 Å². The number of amides is 3. The molecule has 1 atom stereocenters. The maximum atomic E-state index is 12.1. The van der Waals surface area contributed by atoms with Crippen LogP contribution < -0.4 is 25.5 Å². The number of hydrazone groups is 1. The first-order chi connectivity index (χ1) is 15.4. The highest BCUT2D eigenvalue weighted by atomic mass is 16.5. The summed E-state index contributed by atoms with van der Waals surface area (Å²) in [7, 11) is 0. The van der Waals surface area contributed by atoms with E-state index >= 15 is 0 Å². The molecule has 0 aromatic heterocycles. The Labute approximate surface area is 187 Å². The van der Waals surface area contributed by atoms with Crippen molar-refractivity contribution >= 4 is 29.6 Å². The number of nitrogens with zero attached hydrogens (tertiary/aromatic N) is 1. The molecule has 0 aliphatic rings. The first kappa shape index (κ1) is 24.4. The molecule has 0 bridgehead atoms. The molecule has 9 nitrogen and oxygen atoms in total. The molecule has 0 saturated carbocycles. The minimum Gasteiger partial charge on any atom is -0.490 e. The Kier molecular flexibility index (Phi) is 9.70. The molecule has 9 heteroatoms. The van der Waals surface area contributed by atoms with Crippen molar-refractivity contribution in [2.45, 2.75) is 33.2 Å². The Balaban J connectivity index is 1.94. The summed E-state index contributed by atoms with van der Waals surface area (Å²) in [6, 6.07) is 13.9. The summed E-state index contributed by atoms with van der Waals surface area (Å²) in [4.78, 5) is 35.6. The normalized spacial score (nSPS) is 11.5. The smallest absolute Gasteiger partial charge is 0.329 e. The van der Waals surface area contributed by atoms with Crippen molar-refractivity contribution < 1.29 is 23.9 Å². The van der Waals surface area contributed by atoms with Crippen LogP contribution in [0.25, 0.3) is 0 Å². The molecule has 2 aromatic carbocycles. The van der Waals surface area contributed by atoms with Gasteiger partial charge in [0, 0.05) is 11.7 Å². The van der Waals surface area contributed by atoms with E-state index in [0.717, 1.165) is 0 Å². The van der Waals surface area contributed by atoms with Crippen LogP contribution >= 0.6 is 0 Å². The number of carbonyl (C=O) groups is 3. The Morgan fingerprint density at radius 1 is 1.00 bits per heavy atom. The molecule has 0 fully saturated rings. The highest BCUT2D eigenvalue weighted by Crippen LogP contribution is 2.28. The summed E-state index contributed by atoms with van der Waals surface area (Å²) in [6.07, 6.45) is 2.09. The number of rotatable bonds is 10. The first-order valence-corrected chi connectivity index (χ1v) is 10.3. The molecule has 3 N–H and O–H groups in total. The van der Waals surface area contributed by atoms with Gasteiger partial charge in [-0.25, -0.2) is 5.43 Å². The van der Waals surface area contributed by atoms with E-state index in [2.05, 4.69) is 21.2 Å². The van der Waals surface area contributed by atoms with Crippen molar-refractivity contribution in [1.82, 2.24) is 10.7 Å². The number of nitrogens with one attached hydrogen (secondary N) is 3. The SMILES string of the molecule is CCOc1cc(/C=N\NC(=O)C(=O)N[C@@H](C)CC)ccc1OCC(=O)Nc1ccccc1. The number of hydrogen-bond donors (Lipinski definition) is 3. The molecule has 170 valence electrons. The molecule has 32 heavy (non-hydrogen) atoms. The van der Waals surface area contributed by atoms with E-state index in [0.29, 0.717) is 35.8 Å². The largest absolute Gasteiger partial charge is 0.490 e. The topological polar surface area (TPSA) is 118 Å². The van der Waals surface area contributed by atoms with Crippen LogP contribution in [0.2, 0.25) is 0 Å². The zero-order chi connectivity index (χ0) is 23.3. The molecule has 0 aliphatic heterocycles. The zero-order valence-corrected chi connectivity index (χ0v) is 18.4. The molecule has 0 unspecified atom stereocenters. The Bertz CT molecular complexity index is 947. The van der Waals surface area contributed by atoms with Crippen molar-refractivity contribution in [3.8, 4) is 11.5 Å². The Morgan fingerprint density at radius 3 is 2.44 bits per heavy atom. The lowest BCUT2D eigenvalue weighted by molar-refractivity contribution is -0.139. The van der Waals surface area contributed by atoms with Crippen molar-refractivity contribution in [3.05, 3.63) is 54.1 Å². The number of hydrogen-bond acceptors (Lipinski definition) is 6. The van der Waals surface area contributed by atoms with Crippen molar-refractivity contribution in [3.63, 3.8) is 0 Å². The molecular formula is C23H28N4O5. The van der Waals surface area contributed by atoms with Gasteiger partial charge in [0.2, 0.25) is 0 Å². The third kappa shape index (κ3) is 8.10. The minimum atomic E-state index is -0.851. The van der Waals surface area contributed by atoms with E-state index in [1.54, 1.807) is 37.3 Å². The van der Waals surface area contributed by atoms with Gasteiger partial charge in [-0.05, 0) is 56.2 Å². The summed E-state index contributed by atoms with van der Waals surface area (Å²) in [5, 5.41) is 9.10. The quantitative estimate of drug-likeness (QED) is 0.298. The summed E-state index contributed by atoms with van der Waals surface area (Å²) in [6.45, 7) is 5.73. The Morgan fingerprint density at radius 2 is 1.75 bits per heavy atom. The Hall–Kier alpha value is -3.88. The third-order valence-corrected chi connectivity index (χ3v) is 4.26. The van der Waals surface area contributed by atoms with Crippen molar-refractivity contribution in [2.75, 3.05) is 18.5 Å². The summed E-state index contributed by atoms with van der Waals surface area (Å²) < 4.78 is 11.2. The fraction of sp³-hybridized carbons (Fsp3) is 0.304. The van der Waals surface area contributed by atoms with E-state index in [1.165, 1.54) is 6.21 Å². The highest BCUT2D eigenvalue weighted by molar-refractivity contribution is 6.35. The third-order valence-electron chi connectivity index (χ3n) is 4.26. The van der Waals surface area contributed by atoms with Gasteiger partial charge < -0.3 is 20.1 Å². The molecule has 0 aliphatic carbocycles. The first-order valence-electron chi connectivity index (χ1n) is 10.3. The molecule has 3 amide bonds. The summed E-state index contributed by atoms with van der Waals surface area (Å²) >= 11 is 0. The number of ether oxygens (including phenoxy) is 2. The van der Waals surface area contributed by atoms with Crippen LogP contribution in [0, 0.1) is 0 Å². The number of anilines is 1. The van der Waals surface area contributed by atoms with E-state index in [9.17, 15) is 14.4 Å². The average molecular weight is 441 g/mol. The second-order valence-corrected chi connectivity index (χ2v) is 6.82. The van der Waals surface area contributed by atoms with E-state index in [4.69, 9.17) is 9.47 Å². The van der Waals surface area contributed by atoms with Crippen LogP contribution in [0.5, 0.6) is 11.5 Å². The maximum absolute atomic E-state index is 12.1. The van der Waals surface area contributed by atoms with Gasteiger partial charge in [0.25, 0.3) is 5.91 Å².